The van der Waals surface area contributed by atoms with Crippen LogP contribution in [0.5, 0.6) is 5.75 Å². The smallest absolute Gasteiger partial charge is 0.252 e. The number of hydrogen-bond acceptors (Lipinski definition) is 6. The first-order chi connectivity index (χ1) is 15.6. The lowest BCUT2D eigenvalue weighted by Crippen LogP contribution is -2.45. The average molecular weight is 474 g/mol. The molecule has 2 aromatic carbocycles. The summed E-state index contributed by atoms with van der Waals surface area (Å²) in [6.45, 7) is 2.43. The molecular weight excluding hydrogens is 442 g/mol. The van der Waals surface area contributed by atoms with Crippen molar-refractivity contribution in [2.24, 2.45) is 17.6 Å². The van der Waals surface area contributed by atoms with Crippen LogP contribution in [0.3, 0.4) is 0 Å². The van der Waals surface area contributed by atoms with Crippen LogP contribution in [0.15, 0.2) is 48.5 Å². The van der Waals surface area contributed by atoms with E-state index in [1.54, 1.807) is 12.1 Å². The van der Waals surface area contributed by atoms with Gasteiger partial charge in [-0.1, -0.05) is 37.3 Å². The van der Waals surface area contributed by atoms with E-state index in [0.717, 1.165) is 22.5 Å². The zero-order chi connectivity index (χ0) is 24.2. The number of carbonyl (C=O) groups is 2. The van der Waals surface area contributed by atoms with Gasteiger partial charge in [-0.2, -0.15) is 0 Å². The molecule has 8 nitrogen and oxygen atoms in total. The van der Waals surface area contributed by atoms with Crippen LogP contribution >= 0.6 is 0 Å². The van der Waals surface area contributed by atoms with Crippen LogP contribution in [0.4, 0.5) is 5.69 Å². The molecule has 0 heterocycles. The molecular formula is C24H31N3O5S. The first kappa shape index (κ1) is 24.7. The van der Waals surface area contributed by atoms with Crippen molar-refractivity contribution in [1.29, 1.82) is 0 Å². The van der Waals surface area contributed by atoms with Crippen molar-refractivity contribution >= 4 is 27.4 Å². The molecule has 1 aliphatic carbocycles. The molecule has 178 valence electrons. The van der Waals surface area contributed by atoms with Crippen molar-refractivity contribution < 1.29 is 22.7 Å². The third-order valence-electron chi connectivity index (χ3n) is 5.93. The third-order valence-corrected chi connectivity index (χ3v) is 7.14. The highest BCUT2D eigenvalue weighted by Crippen LogP contribution is 2.38. The van der Waals surface area contributed by atoms with Crippen LogP contribution in [0.2, 0.25) is 0 Å². The summed E-state index contributed by atoms with van der Waals surface area (Å²) >= 11 is 0. The molecule has 0 radical (unpaired) electrons. The minimum absolute atomic E-state index is 0.199. The Labute approximate surface area is 195 Å². The van der Waals surface area contributed by atoms with E-state index in [9.17, 15) is 18.0 Å². The van der Waals surface area contributed by atoms with Crippen LogP contribution in [0, 0.1) is 11.8 Å². The number of Topliss-reactive ketones (excluding diaryl/α,β-unsaturated/α-hetero) is 1. The maximum atomic E-state index is 13.1. The Balaban J connectivity index is 1.85. The second-order valence-corrected chi connectivity index (χ2v) is 10.6. The van der Waals surface area contributed by atoms with Gasteiger partial charge in [0.15, 0.2) is 5.78 Å². The van der Waals surface area contributed by atoms with Crippen molar-refractivity contribution in [2.75, 3.05) is 30.8 Å². The lowest BCUT2D eigenvalue weighted by molar-refractivity contribution is -0.119. The number of rotatable bonds is 11. The van der Waals surface area contributed by atoms with E-state index in [2.05, 4.69) is 12.2 Å². The molecule has 3 unspecified atom stereocenters. The molecule has 1 saturated carbocycles. The van der Waals surface area contributed by atoms with Gasteiger partial charge in [0.25, 0.3) is 5.91 Å². The second-order valence-electron chi connectivity index (χ2n) is 8.62. The molecule has 1 aliphatic rings. The first-order valence-electron chi connectivity index (χ1n) is 10.9. The van der Waals surface area contributed by atoms with Crippen LogP contribution in [-0.4, -0.2) is 52.6 Å². The Hall–Kier alpha value is -2.91. The summed E-state index contributed by atoms with van der Waals surface area (Å²) in [5.74, 6) is 0.644. The van der Waals surface area contributed by atoms with Crippen LogP contribution in [0.1, 0.15) is 29.3 Å². The Bertz CT molecular complexity index is 1100. The van der Waals surface area contributed by atoms with E-state index < -0.39 is 22.0 Å². The fraction of sp³-hybridized carbons (Fsp3) is 0.417. The number of carbonyl (C=O) groups excluding carboxylic acids is 2. The number of anilines is 1. The molecule has 1 amide bonds. The molecule has 0 aromatic heterocycles. The summed E-state index contributed by atoms with van der Waals surface area (Å²) < 4.78 is 31.1. The Morgan fingerprint density at radius 3 is 2.45 bits per heavy atom. The standard InChI is InChI=1S/C24H31N3O5S/c1-16-9-19(16)15-32-21-12-18(11-20(13-21)27(2)33(3,30)31)24(29)26-22(23(28)14-25)10-17-7-5-4-6-8-17/h4-8,11-13,16,19,22H,9-10,14-15,25H2,1-3H3,(H,26,29). The highest BCUT2D eigenvalue weighted by molar-refractivity contribution is 7.92. The fourth-order valence-corrected chi connectivity index (χ4v) is 3.97. The van der Waals surface area contributed by atoms with Gasteiger partial charge in [-0.15, -0.1) is 0 Å². The monoisotopic (exact) mass is 473 g/mol. The number of benzene rings is 2. The molecule has 9 heteroatoms. The quantitative estimate of drug-likeness (QED) is 0.515. The minimum atomic E-state index is -3.55. The van der Waals surface area contributed by atoms with Crippen LogP contribution in [-0.2, 0) is 21.2 Å². The Kier molecular flexibility index (Phi) is 7.76. The molecule has 3 atom stereocenters. The number of hydrogen-bond donors (Lipinski definition) is 2. The summed E-state index contributed by atoms with van der Waals surface area (Å²) in [6.07, 6.45) is 2.47. The summed E-state index contributed by atoms with van der Waals surface area (Å²) in [5.41, 5.74) is 6.95. The summed E-state index contributed by atoms with van der Waals surface area (Å²) in [5, 5.41) is 2.76. The highest BCUT2D eigenvalue weighted by atomic mass is 32.2. The predicted molar refractivity (Wildman–Crippen MR) is 128 cm³/mol. The van der Waals surface area contributed by atoms with Gasteiger partial charge in [0.05, 0.1) is 31.1 Å². The molecule has 3 rings (SSSR count). The van der Waals surface area contributed by atoms with Crippen LogP contribution < -0.4 is 20.1 Å². The van der Waals surface area contributed by atoms with E-state index in [-0.39, 0.29) is 17.9 Å². The van der Waals surface area contributed by atoms with Crippen molar-refractivity contribution in [3.05, 3.63) is 59.7 Å². The second kappa shape index (κ2) is 10.4. The number of ketones is 1. The van der Waals surface area contributed by atoms with Crippen molar-refractivity contribution in [2.45, 2.75) is 25.8 Å². The van der Waals surface area contributed by atoms with Crippen molar-refractivity contribution in [3.8, 4) is 5.75 Å². The predicted octanol–water partition coefficient (Wildman–Crippen LogP) is 1.99. The number of ether oxygens (including phenoxy) is 1. The summed E-state index contributed by atoms with van der Waals surface area (Å²) in [7, 11) is -2.14. The number of nitrogens with one attached hydrogen (secondary N) is 1. The van der Waals surface area contributed by atoms with Crippen LogP contribution in [0.25, 0.3) is 0 Å². The average Bonchev–Trinajstić information content (AvgIpc) is 3.50. The van der Waals surface area contributed by atoms with E-state index in [0.29, 0.717) is 36.3 Å². The minimum Gasteiger partial charge on any atom is -0.493 e. The summed E-state index contributed by atoms with van der Waals surface area (Å²) in [4.78, 5) is 25.5. The Morgan fingerprint density at radius 1 is 1.21 bits per heavy atom. The summed E-state index contributed by atoms with van der Waals surface area (Å²) in [6, 6.07) is 13.1. The number of amides is 1. The highest BCUT2D eigenvalue weighted by Gasteiger charge is 2.33. The Morgan fingerprint density at radius 2 is 1.88 bits per heavy atom. The van der Waals surface area contributed by atoms with E-state index >= 15 is 0 Å². The van der Waals surface area contributed by atoms with Gasteiger partial charge in [0.1, 0.15) is 5.75 Å². The maximum Gasteiger partial charge on any atom is 0.252 e. The molecule has 0 aliphatic heterocycles. The van der Waals surface area contributed by atoms with E-state index in [4.69, 9.17) is 10.5 Å². The fourth-order valence-electron chi connectivity index (χ4n) is 3.48. The molecule has 0 saturated heterocycles. The molecule has 1 fully saturated rings. The lowest BCUT2D eigenvalue weighted by atomic mass is 10.0. The lowest BCUT2D eigenvalue weighted by Gasteiger charge is -2.21. The molecule has 0 bridgehead atoms. The van der Waals surface area contributed by atoms with Gasteiger partial charge >= 0.3 is 0 Å². The molecule has 0 spiro atoms. The molecule has 33 heavy (non-hydrogen) atoms. The SMILES string of the molecule is CC1CC1COc1cc(C(=O)NC(Cc2ccccc2)C(=O)CN)cc(N(C)S(C)(=O)=O)c1. The van der Waals surface area contributed by atoms with Gasteiger partial charge < -0.3 is 15.8 Å². The zero-order valence-electron chi connectivity index (χ0n) is 19.2. The molecule has 3 N–H and O–H groups in total. The number of nitrogens with zero attached hydrogens (tertiary/aromatic N) is 1. The topological polar surface area (TPSA) is 119 Å². The van der Waals surface area contributed by atoms with Crippen molar-refractivity contribution in [1.82, 2.24) is 5.32 Å². The number of sulfonamides is 1. The maximum absolute atomic E-state index is 13.1. The van der Waals surface area contributed by atoms with Gasteiger partial charge in [-0.3, -0.25) is 13.9 Å². The normalized spacial score (nSPS) is 18.3. The van der Waals surface area contributed by atoms with E-state index in [1.807, 2.05) is 30.3 Å². The van der Waals surface area contributed by atoms with Gasteiger partial charge in [-0.05, 0) is 42.4 Å². The van der Waals surface area contributed by atoms with Gasteiger partial charge in [0.2, 0.25) is 10.0 Å². The zero-order valence-corrected chi connectivity index (χ0v) is 20.0. The van der Waals surface area contributed by atoms with Gasteiger partial charge in [-0.25, -0.2) is 8.42 Å². The van der Waals surface area contributed by atoms with Crippen molar-refractivity contribution in [3.63, 3.8) is 0 Å². The largest absolute Gasteiger partial charge is 0.493 e. The van der Waals surface area contributed by atoms with E-state index in [1.165, 1.54) is 13.1 Å². The van der Waals surface area contributed by atoms with Gasteiger partial charge in [0, 0.05) is 18.7 Å². The third kappa shape index (κ3) is 6.79. The number of nitrogens with two attached hydrogens (primary N) is 1. The first-order valence-corrected chi connectivity index (χ1v) is 12.7. The molecule has 2 aromatic rings.